The normalized spacial score (nSPS) is 14.8. The molecule has 0 saturated heterocycles. The number of rotatable bonds is 0. The third kappa shape index (κ3) is 0.865. The Labute approximate surface area is 92.0 Å². The lowest BCUT2D eigenvalue weighted by molar-refractivity contribution is 1.38. The molecule has 0 bridgehead atoms. The van der Waals surface area contributed by atoms with Crippen molar-refractivity contribution in [2.24, 2.45) is 9.98 Å². The summed E-state index contributed by atoms with van der Waals surface area (Å²) in [6.45, 7) is 0. The molecular formula is C14H8N2. The molecular weight excluding hydrogens is 196 g/mol. The smallest absolute Gasteiger partial charge is 0.0787 e. The molecule has 2 aromatic carbocycles. The maximum Gasteiger partial charge on any atom is 0.0787 e. The first-order valence-corrected chi connectivity index (χ1v) is 5.28. The van der Waals surface area contributed by atoms with Gasteiger partial charge in [0.05, 0.1) is 10.7 Å². The van der Waals surface area contributed by atoms with E-state index in [9.17, 15) is 0 Å². The van der Waals surface area contributed by atoms with E-state index in [1.165, 1.54) is 21.9 Å². The molecule has 16 heavy (non-hydrogen) atoms. The standard InChI is InChI=1S/C14H8N2/c1-2-10-5-7-16-14(10)13-9(1)3-4-12-11(13)6-8-15-12/h1-8H. The molecule has 2 aliphatic rings. The van der Waals surface area contributed by atoms with Crippen LogP contribution in [0.4, 0.5) is 0 Å². The molecule has 2 heterocycles. The lowest BCUT2D eigenvalue weighted by Crippen LogP contribution is -2.11. The highest BCUT2D eigenvalue weighted by Crippen LogP contribution is 2.18. The second-order valence-electron chi connectivity index (χ2n) is 3.99. The average molecular weight is 204 g/mol. The topological polar surface area (TPSA) is 24.7 Å². The predicted octanol–water partition coefficient (Wildman–Crippen LogP) is 2.05. The van der Waals surface area contributed by atoms with Crippen molar-refractivity contribution in [3.8, 4) is 0 Å². The van der Waals surface area contributed by atoms with Gasteiger partial charge in [-0.2, -0.15) is 0 Å². The highest BCUT2D eigenvalue weighted by atomic mass is 14.7. The third-order valence-corrected chi connectivity index (χ3v) is 3.12. The van der Waals surface area contributed by atoms with E-state index in [0.717, 1.165) is 10.7 Å². The molecule has 0 amide bonds. The molecule has 0 aliphatic carbocycles. The highest BCUT2D eigenvalue weighted by Gasteiger charge is 2.10. The van der Waals surface area contributed by atoms with Gasteiger partial charge in [-0.25, -0.2) is 0 Å². The molecule has 0 unspecified atom stereocenters. The summed E-state index contributed by atoms with van der Waals surface area (Å²) >= 11 is 0. The average Bonchev–Trinajstić information content (AvgIpc) is 2.96. The van der Waals surface area contributed by atoms with Crippen molar-refractivity contribution < 1.29 is 0 Å². The van der Waals surface area contributed by atoms with Crippen molar-refractivity contribution in [2.45, 2.75) is 0 Å². The van der Waals surface area contributed by atoms with Gasteiger partial charge in [0.15, 0.2) is 0 Å². The minimum atomic E-state index is 1.04. The first-order valence-electron chi connectivity index (χ1n) is 5.28. The fourth-order valence-electron chi connectivity index (χ4n) is 2.37. The van der Waals surface area contributed by atoms with Crippen LogP contribution in [0.2, 0.25) is 0 Å². The molecule has 0 N–H and O–H groups in total. The number of hydrogen-bond donors (Lipinski definition) is 0. The van der Waals surface area contributed by atoms with Crippen LogP contribution < -0.4 is 10.7 Å². The summed E-state index contributed by atoms with van der Waals surface area (Å²) in [7, 11) is 0. The van der Waals surface area contributed by atoms with Crippen LogP contribution in [0.25, 0.3) is 22.9 Å². The van der Waals surface area contributed by atoms with Crippen molar-refractivity contribution >= 4 is 22.9 Å². The van der Waals surface area contributed by atoms with Crippen LogP contribution >= 0.6 is 0 Å². The van der Waals surface area contributed by atoms with Gasteiger partial charge in [-0.15, -0.1) is 0 Å². The summed E-state index contributed by atoms with van der Waals surface area (Å²) in [4.78, 5) is 8.78. The zero-order valence-electron chi connectivity index (χ0n) is 8.51. The van der Waals surface area contributed by atoms with Crippen molar-refractivity contribution in [1.82, 2.24) is 0 Å². The molecule has 0 aromatic heterocycles. The molecule has 2 nitrogen and oxygen atoms in total. The van der Waals surface area contributed by atoms with Crippen LogP contribution in [-0.2, 0) is 0 Å². The van der Waals surface area contributed by atoms with Gasteiger partial charge >= 0.3 is 0 Å². The van der Waals surface area contributed by atoms with E-state index < -0.39 is 0 Å². The van der Waals surface area contributed by atoms with Crippen molar-refractivity contribution in [3.05, 3.63) is 58.5 Å². The van der Waals surface area contributed by atoms with Crippen molar-refractivity contribution in [3.63, 3.8) is 0 Å². The number of hydrogen-bond acceptors (Lipinski definition) is 2. The van der Waals surface area contributed by atoms with E-state index in [4.69, 9.17) is 0 Å². The van der Waals surface area contributed by atoms with E-state index >= 15 is 0 Å². The van der Waals surface area contributed by atoms with Crippen LogP contribution in [0.3, 0.4) is 0 Å². The highest BCUT2D eigenvalue weighted by molar-refractivity contribution is 5.92. The fourth-order valence-corrected chi connectivity index (χ4v) is 2.37. The Balaban J connectivity index is 2.37. The molecule has 2 aromatic rings. The second-order valence-corrected chi connectivity index (χ2v) is 3.99. The van der Waals surface area contributed by atoms with Crippen LogP contribution in [-0.4, -0.2) is 0 Å². The number of nitrogens with zero attached hydrogens (tertiary/aromatic N) is 2. The first kappa shape index (κ1) is 7.99. The zero-order valence-corrected chi connectivity index (χ0v) is 8.51. The van der Waals surface area contributed by atoms with Crippen LogP contribution in [0, 0.1) is 0 Å². The number of fused-ring (bicyclic) bond motifs is 5. The lowest BCUT2D eigenvalue weighted by atomic mass is 10.0. The molecule has 2 aliphatic heterocycles. The van der Waals surface area contributed by atoms with E-state index in [1.54, 1.807) is 0 Å². The Morgan fingerprint density at radius 1 is 0.812 bits per heavy atom. The summed E-state index contributed by atoms with van der Waals surface area (Å²) in [5, 5.41) is 4.57. The van der Waals surface area contributed by atoms with Gasteiger partial charge in [0, 0.05) is 28.9 Å². The Hall–Kier alpha value is -2.22. The zero-order chi connectivity index (χ0) is 10.5. The molecule has 74 valence electrons. The maximum atomic E-state index is 4.45. The van der Waals surface area contributed by atoms with Gasteiger partial charge in [0.1, 0.15) is 0 Å². The monoisotopic (exact) mass is 204 g/mol. The van der Waals surface area contributed by atoms with Crippen LogP contribution in [0.1, 0.15) is 11.1 Å². The molecule has 2 heteroatoms. The number of benzene rings is 2. The minimum Gasteiger partial charge on any atom is -0.256 e. The second kappa shape index (κ2) is 2.67. The minimum absolute atomic E-state index is 1.04. The SMILES string of the molecule is C1=Cc2c(ccc3ccc4c(c23)=NC=C4)=N1. The predicted molar refractivity (Wildman–Crippen MR) is 64.3 cm³/mol. The quantitative estimate of drug-likeness (QED) is 0.627. The van der Waals surface area contributed by atoms with Crippen LogP contribution in [0.15, 0.2) is 46.7 Å². The Bertz CT molecular complexity index is 796. The van der Waals surface area contributed by atoms with Gasteiger partial charge in [0.25, 0.3) is 0 Å². The van der Waals surface area contributed by atoms with Gasteiger partial charge in [-0.3, -0.25) is 9.98 Å². The lowest BCUT2D eigenvalue weighted by Gasteiger charge is -2.02. The van der Waals surface area contributed by atoms with Crippen molar-refractivity contribution in [1.29, 1.82) is 0 Å². The summed E-state index contributed by atoms with van der Waals surface area (Å²) in [5.41, 5.74) is 2.39. The maximum absolute atomic E-state index is 4.45. The Morgan fingerprint density at radius 2 is 1.69 bits per heavy atom. The molecule has 0 saturated carbocycles. The van der Waals surface area contributed by atoms with E-state index in [1.807, 2.05) is 18.5 Å². The Morgan fingerprint density at radius 3 is 2.69 bits per heavy atom. The van der Waals surface area contributed by atoms with Crippen LogP contribution in [0.5, 0.6) is 0 Å². The summed E-state index contributed by atoms with van der Waals surface area (Å²) < 4.78 is 0. The van der Waals surface area contributed by atoms with Crippen molar-refractivity contribution in [2.75, 3.05) is 0 Å². The molecule has 0 atom stereocenters. The van der Waals surface area contributed by atoms with E-state index in [0.29, 0.717) is 0 Å². The van der Waals surface area contributed by atoms with Gasteiger partial charge < -0.3 is 0 Å². The van der Waals surface area contributed by atoms with E-state index in [-0.39, 0.29) is 0 Å². The molecule has 0 fully saturated rings. The van der Waals surface area contributed by atoms with Gasteiger partial charge in [-0.1, -0.05) is 18.2 Å². The first-order chi connectivity index (χ1) is 7.93. The van der Waals surface area contributed by atoms with E-state index in [2.05, 4.69) is 40.3 Å². The summed E-state index contributed by atoms with van der Waals surface area (Å²) in [5.74, 6) is 0. The van der Waals surface area contributed by atoms with Gasteiger partial charge in [0.2, 0.25) is 0 Å². The largest absolute Gasteiger partial charge is 0.256 e. The molecule has 0 spiro atoms. The van der Waals surface area contributed by atoms with Gasteiger partial charge in [-0.05, 0) is 23.6 Å². The fraction of sp³-hybridized carbons (Fsp3) is 0. The summed E-state index contributed by atoms with van der Waals surface area (Å²) in [6.07, 6.45) is 7.82. The molecule has 4 rings (SSSR count). The third-order valence-electron chi connectivity index (χ3n) is 3.12. The Kier molecular flexibility index (Phi) is 1.33. The molecule has 0 radical (unpaired) electrons. The summed E-state index contributed by atoms with van der Waals surface area (Å²) in [6, 6.07) is 8.43.